The summed E-state index contributed by atoms with van der Waals surface area (Å²) in [5.74, 6) is 1.18. The lowest BCUT2D eigenvalue weighted by Gasteiger charge is -2.21. The summed E-state index contributed by atoms with van der Waals surface area (Å²) in [6.45, 7) is 1.56. The predicted octanol–water partition coefficient (Wildman–Crippen LogP) is 3.97. The molecule has 1 aliphatic rings. The van der Waals surface area contributed by atoms with E-state index in [1.54, 1.807) is 12.1 Å². The number of ether oxygens (including phenoxy) is 2. The number of nitrogens with one attached hydrogen (secondary N) is 1. The van der Waals surface area contributed by atoms with Gasteiger partial charge in [0, 0.05) is 16.6 Å². The smallest absolute Gasteiger partial charge is 0.166 e. The Balaban J connectivity index is 1.82. The third-order valence-electron chi connectivity index (χ3n) is 3.07. The SMILES string of the molecule is Fc1cccc(Br)c1NCc1cccc2c1OCCO2. The van der Waals surface area contributed by atoms with Crippen LogP contribution in [0.2, 0.25) is 0 Å². The molecule has 2 aromatic rings. The molecule has 20 heavy (non-hydrogen) atoms. The van der Waals surface area contributed by atoms with Crippen molar-refractivity contribution in [3.8, 4) is 11.5 Å². The number of halogens is 2. The summed E-state index contributed by atoms with van der Waals surface area (Å²) in [6, 6.07) is 10.6. The molecule has 3 nitrogen and oxygen atoms in total. The molecule has 1 aliphatic heterocycles. The van der Waals surface area contributed by atoms with Gasteiger partial charge in [0.15, 0.2) is 11.5 Å². The lowest BCUT2D eigenvalue weighted by molar-refractivity contribution is 0.170. The number of benzene rings is 2. The van der Waals surface area contributed by atoms with Crippen molar-refractivity contribution in [2.75, 3.05) is 18.5 Å². The summed E-state index contributed by atoms with van der Waals surface area (Å²) in [5, 5.41) is 3.09. The number of rotatable bonds is 3. The maximum absolute atomic E-state index is 13.7. The molecule has 0 fully saturated rings. The number of para-hydroxylation sites is 2. The van der Waals surface area contributed by atoms with E-state index in [0.717, 1.165) is 17.1 Å². The molecule has 3 rings (SSSR count). The van der Waals surface area contributed by atoms with E-state index in [1.807, 2.05) is 18.2 Å². The fourth-order valence-corrected chi connectivity index (χ4v) is 2.61. The standard InChI is InChI=1S/C15H13BrFNO2/c16-11-4-2-5-12(17)14(11)18-9-10-3-1-6-13-15(10)20-8-7-19-13/h1-6,18H,7-9H2. The maximum atomic E-state index is 13.7. The first-order chi connectivity index (χ1) is 9.75. The zero-order chi connectivity index (χ0) is 13.9. The predicted molar refractivity (Wildman–Crippen MR) is 78.9 cm³/mol. The summed E-state index contributed by atoms with van der Waals surface area (Å²) in [7, 11) is 0. The minimum absolute atomic E-state index is 0.290. The minimum atomic E-state index is -0.290. The summed E-state index contributed by atoms with van der Waals surface area (Å²) < 4.78 is 25.6. The van der Waals surface area contributed by atoms with Crippen molar-refractivity contribution in [2.24, 2.45) is 0 Å². The van der Waals surface area contributed by atoms with Crippen LogP contribution < -0.4 is 14.8 Å². The van der Waals surface area contributed by atoms with Gasteiger partial charge >= 0.3 is 0 Å². The summed E-state index contributed by atoms with van der Waals surface area (Å²) in [5.41, 5.74) is 1.39. The van der Waals surface area contributed by atoms with Crippen LogP contribution in [-0.2, 0) is 6.54 Å². The van der Waals surface area contributed by atoms with E-state index >= 15 is 0 Å². The summed E-state index contributed by atoms with van der Waals surface area (Å²) >= 11 is 3.34. The highest BCUT2D eigenvalue weighted by Crippen LogP contribution is 2.34. The third kappa shape index (κ3) is 2.58. The van der Waals surface area contributed by atoms with Crippen molar-refractivity contribution in [1.82, 2.24) is 0 Å². The van der Waals surface area contributed by atoms with Gasteiger partial charge < -0.3 is 14.8 Å². The summed E-state index contributed by atoms with van der Waals surface area (Å²) in [6.07, 6.45) is 0. The van der Waals surface area contributed by atoms with E-state index in [2.05, 4.69) is 21.2 Å². The molecule has 0 amide bonds. The van der Waals surface area contributed by atoms with Crippen LogP contribution in [0.4, 0.5) is 10.1 Å². The quantitative estimate of drug-likeness (QED) is 0.919. The Bertz CT molecular complexity index is 613. The van der Waals surface area contributed by atoms with Crippen LogP contribution in [-0.4, -0.2) is 13.2 Å². The van der Waals surface area contributed by atoms with Gasteiger partial charge in [-0.15, -0.1) is 0 Å². The molecule has 1 heterocycles. The number of hydrogen-bond acceptors (Lipinski definition) is 3. The molecule has 5 heteroatoms. The molecule has 2 aromatic carbocycles. The first kappa shape index (κ1) is 13.2. The van der Waals surface area contributed by atoms with Gasteiger partial charge in [-0.3, -0.25) is 0 Å². The van der Waals surface area contributed by atoms with Crippen molar-refractivity contribution in [3.63, 3.8) is 0 Å². The topological polar surface area (TPSA) is 30.5 Å². The fraction of sp³-hybridized carbons (Fsp3) is 0.200. The minimum Gasteiger partial charge on any atom is -0.486 e. The Hall–Kier alpha value is -1.75. The van der Waals surface area contributed by atoms with Crippen LogP contribution in [0, 0.1) is 5.82 Å². The monoisotopic (exact) mass is 337 g/mol. The van der Waals surface area contributed by atoms with Gasteiger partial charge in [0.1, 0.15) is 19.0 Å². The molecule has 0 aromatic heterocycles. The first-order valence-electron chi connectivity index (χ1n) is 6.31. The van der Waals surface area contributed by atoms with Crippen LogP contribution >= 0.6 is 15.9 Å². The Morgan fingerprint density at radius 3 is 2.75 bits per heavy atom. The fourth-order valence-electron chi connectivity index (χ4n) is 2.12. The first-order valence-corrected chi connectivity index (χ1v) is 7.10. The van der Waals surface area contributed by atoms with Gasteiger partial charge in [-0.2, -0.15) is 0 Å². The van der Waals surface area contributed by atoms with Crippen molar-refractivity contribution < 1.29 is 13.9 Å². The van der Waals surface area contributed by atoms with Crippen LogP contribution in [0.3, 0.4) is 0 Å². The second kappa shape index (κ2) is 5.71. The molecule has 0 bridgehead atoms. The Morgan fingerprint density at radius 2 is 1.90 bits per heavy atom. The molecule has 0 saturated carbocycles. The van der Waals surface area contributed by atoms with Crippen molar-refractivity contribution in [2.45, 2.75) is 6.54 Å². The zero-order valence-corrected chi connectivity index (χ0v) is 12.2. The van der Waals surface area contributed by atoms with E-state index in [4.69, 9.17) is 9.47 Å². The molecule has 104 valence electrons. The summed E-state index contributed by atoms with van der Waals surface area (Å²) in [4.78, 5) is 0. The van der Waals surface area contributed by atoms with E-state index in [1.165, 1.54) is 6.07 Å². The van der Waals surface area contributed by atoms with Gasteiger partial charge in [0.2, 0.25) is 0 Å². The Morgan fingerprint density at radius 1 is 1.10 bits per heavy atom. The van der Waals surface area contributed by atoms with Crippen LogP contribution in [0.15, 0.2) is 40.9 Å². The van der Waals surface area contributed by atoms with Crippen molar-refractivity contribution >= 4 is 21.6 Å². The van der Waals surface area contributed by atoms with Gasteiger partial charge in [-0.05, 0) is 34.1 Å². The van der Waals surface area contributed by atoms with E-state index in [-0.39, 0.29) is 5.82 Å². The molecule has 1 N–H and O–H groups in total. The molecule has 0 spiro atoms. The van der Waals surface area contributed by atoms with E-state index in [0.29, 0.717) is 29.9 Å². The lowest BCUT2D eigenvalue weighted by Crippen LogP contribution is -2.17. The molecular formula is C15H13BrFNO2. The highest BCUT2D eigenvalue weighted by Gasteiger charge is 2.16. The van der Waals surface area contributed by atoms with E-state index < -0.39 is 0 Å². The molecule has 0 aliphatic carbocycles. The molecule has 0 atom stereocenters. The highest BCUT2D eigenvalue weighted by molar-refractivity contribution is 9.10. The van der Waals surface area contributed by atoms with Crippen molar-refractivity contribution in [1.29, 1.82) is 0 Å². The van der Waals surface area contributed by atoms with Gasteiger partial charge in [-0.1, -0.05) is 18.2 Å². The Labute approximate surface area is 124 Å². The second-order valence-electron chi connectivity index (χ2n) is 4.39. The van der Waals surface area contributed by atoms with E-state index in [9.17, 15) is 4.39 Å². The number of fused-ring (bicyclic) bond motifs is 1. The number of anilines is 1. The third-order valence-corrected chi connectivity index (χ3v) is 3.73. The number of hydrogen-bond donors (Lipinski definition) is 1. The largest absolute Gasteiger partial charge is 0.486 e. The highest BCUT2D eigenvalue weighted by atomic mass is 79.9. The van der Waals surface area contributed by atoms with Crippen LogP contribution in [0.25, 0.3) is 0 Å². The maximum Gasteiger partial charge on any atom is 0.166 e. The molecule has 0 radical (unpaired) electrons. The van der Waals surface area contributed by atoms with Crippen LogP contribution in [0.1, 0.15) is 5.56 Å². The van der Waals surface area contributed by atoms with Gasteiger partial charge in [0.25, 0.3) is 0 Å². The molecular weight excluding hydrogens is 325 g/mol. The van der Waals surface area contributed by atoms with Gasteiger partial charge in [0.05, 0.1) is 5.69 Å². The molecule has 0 saturated heterocycles. The van der Waals surface area contributed by atoms with Crippen LogP contribution in [0.5, 0.6) is 11.5 Å². The van der Waals surface area contributed by atoms with Crippen molar-refractivity contribution in [3.05, 3.63) is 52.3 Å². The second-order valence-corrected chi connectivity index (χ2v) is 5.25. The zero-order valence-electron chi connectivity index (χ0n) is 10.7. The average molecular weight is 338 g/mol. The lowest BCUT2D eigenvalue weighted by atomic mass is 10.1. The van der Waals surface area contributed by atoms with Gasteiger partial charge in [-0.25, -0.2) is 4.39 Å². The average Bonchev–Trinajstić information content (AvgIpc) is 2.47. The molecule has 0 unspecified atom stereocenters. The normalized spacial score (nSPS) is 13.1. The Kier molecular flexibility index (Phi) is 3.78.